The van der Waals surface area contributed by atoms with Crippen molar-refractivity contribution >= 4 is 11.0 Å². The number of phenols is 3. The van der Waals surface area contributed by atoms with E-state index in [-0.39, 0.29) is 11.0 Å². The third-order valence-corrected chi connectivity index (χ3v) is 3.11. The highest BCUT2D eigenvalue weighted by Gasteiger charge is 2.16. The van der Waals surface area contributed by atoms with E-state index in [0.717, 1.165) is 0 Å². The molecule has 3 aromatic rings. The van der Waals surface area contributed by atoms with Crippen LogP contribution in [-0.2, 0) is 0 Å². The Morgan fingerprint density at radius 2 is 1.65 bits per heavy atom. The molecule has 0 atom stereocenters. The van der Waals surface area contributed by atoms with E-state index in [4.69, 9.17) is 4.42 Å². The third kappa shape index (κ3) is 1.68. The van der Waals surface area contributed by atoms with E-state index in [0.29, 0.717) is 16.5 Å². The highest BCUT2D eigenvalue weighted by Crippen LogP contribution is 2.43. The fourth-order valence-corrected chi connectivity index (χ4v) is 2.11. The molecule has 0 saturated heterocycles. The number of hydrogen-bond donors (Lipinski definition) is 3. The van der Waals surface area contributed by atoms with Gasteiger partial charge in [0.2, 0.25) is 5.75 Å². The van der Waals surface area contributed by atoms with Crippen LogP contribution in [0.1, 0.15) is 0 Å². The van der Waals surface area contributed by atoms with Crippen molar-refractivity contribution in [2.75, 3.05) is 0 Å². The van der Waals surface area contributed by atoms with Crippen LogP contribution >= 0.6 is 0 Å². The molecule has 0 radical (unpaired) electrons. The van der Waals surface area contributed by atoms with E-state index in [1.807, 2.05) is 0 Å². The van der Waals surface area contributed by atoms with Gasteiger partial charge in [-0.1, -0.05) is 12.1 Å². The first-order valence-corrected chi connectivity index (χ1v) is 5.84. The zero-order chi connectivity index (χ0) is 14.3. The molecule has 100 valence electrons. The first kappa shape index (κ1) is 12.1. The Morgan fingerprint density at radius 1 is 0.850 bits per heavy atom. The van der Waals surface area contributed by atoms with Crippen LogP contribution in [0.5, 0.6) is 17.2 Å². The van der Waals surface area contributed by atoms with Crippen LogP contribution in [0.3, 0.4) is 0 Å². The Morgan fingerprint density at radius 3 is 2.45 bits per heavy atom. The molecule has 0 saturated carbocycles. The summed E-state index contributed by atoms with van der Waals surface area (Å²) in [5, 5.41) is 29.2. The minimum atomic E-state index is -0.613. The van der Waals surface area contributed by atoms with E-state index in [9.17, 15) is 20.1 Å². The molecule has 20 heavy (non-hydrogen) atoms. The number of para-hydroxylation sites is 1. The van der Waals surface area contributed by atoms with Gasteiger partial charge in [0.25, 0.3) is 0 Å². The summed E-state index contributed by atoms with van der Waals surface area (Å²) in [5.41, 5.74) is 0.823. The lowest BCUT2D eigenvalue weighted by molar-refractivity contribution is 0.369. The summed E-state index contributed by atoms with van der Waals surface area (Å²) in [5.74, 6) is -1.50. The third-order valence-electron chi connectivity index (χ3n) is 3.11. The zero-order valence-electron chi connectivity index (χ0n) is 10.2. The van der Waals surface area contributed by atoms with Gasteiger partial charge in [0.15, 0.2) is 16.9 Å². The largest absolute Gasteiger partial charge is 0.504 e. The van der Waals surface area contributed by atoms with Crippen LogP contribution in [0.15, 0.2) is 51.9 Å². The van der Waals surface area contributed by atoms with Crippen molar-refractivity contribution in [3.8, 4) is 28.4 Å². The summed E-state index contributed by atoms with van der Waals surface area (Å²) in [6.45, 7) is 0. The maximum Gasteiger partial charge on any atom is 0.200 e. The number of aromatic hydroxyl groups is 3. The summed E-state index contributed by atoms with van der Waals surface area (Å²) in [6.07, 6.45) is 1.27. The predicted octanol–water partition coefficient (Wildman–Crippen LogP) is 2.58. The normalized spacial score (nSPS) is 10.8. The number of hydrogen-bond acceptors (Lipinski definition) is 5. The van der Waals surface area contributed by atoms with Crippen molar-refractivity contribution in [1.82, 2.24) is 0 Å². The molecule has 0 unspecified atom stereocenters. The number of fused-ring (bicyclic) bond motifs is 1. The fourth-order valence-electron chi connectivity index (χ4n) is 2.11. The van der Waals surface area contributed by atoms with Gasteiger partial charge in [0, 0.05) is 17.2 Å². The molecule has 5 heteroatoms. The zero-order valence-corrected chi connectivity index (χ0v) is 10.2. The van der Waals surface area contributed by atoms with Crippen molar-refractivity contribution in [3.05, 3.63) is 52.9 Å². The SMILES string of the molecule is O=c1ccoc2c(-c3ccc(O)c(O)c3O)cccc12. The van der Waals surface area contributed by atoms with Gasteiger partial charge in [-0.2, -0.15) is 0 Å². The second-order valence-electron chi connectivity index (χ2n) is 4.30. The molecule has 0 amide bonds. The molecule has 0 aliphatic heterocycles. The predicted molar refractivity (Wildman–Crippen MR) is 72.9 cm³/mol. The maximum atomic E-state index is 11.8. The lowest BCUT2D eigenvalue weighted by Gasteiger charge is -2.09. The first-order valence-electron chi connectivity index (χ1n) is 5.84. The van der Waals surface area contributed by atoms with Crippen LogP contribution < -0.4 is 5.43 Å². The molecule has 0 fully saturated rings. The standard InChI is InChI=1S/C15H10O5/c16-11-6-7-20-15-9(2-1-3-10(11)15)8-4-5-12(17)14(19)13(8)18/h1-7,17-19H. The summed E-state index contributed by atoms with van der Waals surface area (Å²) >= 11 is 0. The van der Waals surface area contributed by atoms with Gasteiger partial charge in [0.1, 0.15) is 5.58 Å². The molecule has 1 heterocycles. The van der Waals surface area contributed by atoms with Gasteiger partial charge in [-0.25, -0.2) is 0 Å². The second-order valence-corrected chi connectivity index (χ2v) is 4.30. The van der Waals surface area contributed by atoms with Crippen LogP contribution in [0, 0.1) is 0 Å². The van der Waals surface area contributed by atoms with Crippen molar-refractivity contribution < 1.29 is 19.7 Å². The quantitative estimate of drug-likeness (QED) is 0.591. The smallest absolute Gasteiger partial charge is 0.200 e. The number of rotatable bonds is 1. The van der Waals surface area contributed by atoms with E-state index in [1.54, 1.807) is 18.2 Å². The monoisotopic (exact) mass is 270 g/mol. The van der Waals surface area contributed by atoms with Crippen molar-refractivity contribution in [1.29, 1.82) is 0 Å². The average Bonchev–Trinajstić information content (AvgIpc) is 2.45. The number of phenolic OH excluding ortho intramolecular Hbond substituents is 3. The van der Waals surface area contributed by atoms with Crippen LogP contribution in [0.2, 0.25) is 0 Å². The molecule has 3 rings (SSSR count). The van der Waals surface area contributed by atoms with Crippen molar-refractivity contribution in [2.24, 2.45) is 0 Å². The molecule has 0 spiro atoms. The Bertz CT molecular complexity index is 864. The van der Waals surface area contributed by atoms with Crippen molar-refractivity contribution in [2.45, 2.75) is 0 Å². The molecule has 0 aliphatic carbocycles. The minimum Gasteiger partial charge on any atom is -0.504 e. The summed E-state index contributed by atoms with van der Waals surface area (Å²) < 4.78 is 5.35. The molecule has 0 bridgehead atoms. The lowest BCUT2D eigenvalue weighted by Crippen LogP contribution is -1.98. The molecule has 1 aromatic heterocycles. The van der Waals surface area contributed by atoms with E-state index in [2.05, 4.69) is 0 Å². The molecule has 2 aromatic carbocycles. The highest BCUT2D eigenvalue weighted by atomic mass is 16.3. The Kier molecular flexibility index (Phi) is 2.61. The summed E-state index contributed by atoms with van der Waals surface area (Å²) in [6, 6.07) is 8.91. The Labute approximate surface area is 113 Å². The number of benzene rings is 2. The molecule has 3 N–H and O–H groups in total. The molecular weight excluding hydrogens is 260 g/mol. The topological polar surface area (TPSA) is 90.9 Å². The van der Waals surface area contributed by atoms with Crippen LogP contribution in [0.25, 0.3) is 22.1 Å². The van der Waals surface area contributed by atoms with Gasteiger partial charge < -0.3 is 19.7 Å². The Hall–Kier alpha value is -2.95. The van der Waals surface area contributed by atoms with Gasteiger partial charge in [-0.05, 0) is 18.2 Å². The van der Waals surface area contributed by atoms with E-state index in [1.165, 1.54) is 24.5 Å². The van der Waals surface area contributed by atoms with Gasteiger partial charge in [0.05, 0.1) is 11.6 Å². The summed E-state index contributed by atoms with van der Waals surface area (Å²) in [7, 11) is 0. The average molecular weight is 270 g/mol. The summed E-state index contributed by atoms with van der Waals surface area (Å²) in [4.78, 5) is 11.8. The van der Waals surface area contributed by atoms with Gasteiger partial charge >= 0.3 is 0 Å². The van der Waals surface area contributed by atoms with E-state index >= 15 is 0 Å². The fraction of sp³-hybridized carbons (Fsp3) is 0. The van der Waals surface area contributed by atoms with Crippen molar-refractivity contribution in [3.63, 3.8) is 0 Å². The van der Waals surface area contributed by atoms with Crippen LogP contribution in [-0.4, -0.2) is 15.3 Å². The van der Waals surface area contributed by atoms with E-state index < -0.39 is 17.2 Å². The second kappa shape index (κ2) is 4.31. The molecule has 0 aliphatic rings. The lowest BCUT2D eigenvalue weighted by atomic mass is 10.0. The molecular formula is C15H10O5. The maximum absolute atomic E-state index is 11.8. The highest BCUT2D eigenvalue weighted by molar-refractivity contribution is 5.94. The Balaban J connectivity index is 2.39. The minimum absolute atomic E-state index is 0.199. The van der Waals surface area contributed by atoms with Gasteiger partial charge in [-0.3, -0.25) is 4.79 Å². The van der Waals surface area contributed by atoms with Crippen LogP contribution in [0.4, 0.5) is 0 Å². The van der Waals surface area contributed by atoms with Gasteiger partial charge in [-0.15, -0.1) is 0 Å². The molecule has 5 nitrogen and oxygen atoms in total. The first-order chi connectivity index (χ1) is 9.59.